The Kier molecular flexibility index (Phi) is 23.3. The number of aromatic nitrogens is 12. The fourth-order valence-electron chi connectivity index (χ4n) is 13.1. The van der Waals surface area contributed by atoms with Gasteiger partial charge in [0.25, 0.3) is 17.7 Å². The van der Waals surface area contributed by atoms with Gasteiger partial charge in [-0.1, -0.05) is 30.9 Å². The first-order valence-electron chi connectivity index (χ1n) is 36.7. The van der Waals surface area contributed by atoms with Crippen LogP contribution >= 0.6 is 11.6 Å². The molecule has 9 N–H and O–H groups in total. The summed E-state index contributed by atoms with van der Waals surface area (Å²) >= 11 is 4.71. The highest BCUT2D eigenvalue weighted by atomic mass is 35.5. The summed E-state index contributed by atoms with van der Waals surface area (Å²) in [6.45, 7) is 22.2. The summed E-state index contributed by atoms with van der Waals surface area (Å²) in [6.07, 6.45) is 12.8. The molecule has 15 rings (SSSR count). The van der Waals surface area contributed by atoms with E-state index >= 15 is 4.39 Å². The van der Waals surface area contributed by atoms with Crippen molar-refractivity contribution in [2.24, 2.45) is 35.0 Å². The van der Waals surface area contributed by atoms with Gasteiger partial charge in [-0.3, -0.25) is 28.9 Å². The molecule has 3 saturated heterocycles. The van der Waals surface area contributed by atoms with Gasteiger partial charge in [-0.2, -0.15) is 15.3 Å². The normalized spacial score (nSPS) is 15.3. The van der Waals surface area contributed by atoms with Crippen molar-refractivity contribution in [2.45, 2.75) is 129 Å². The summed E-state index contributed by atoms with van der Waals surface area (Å²) in [6, 6.07) is 10.3. The lowest BCUT2D eigenvalue weighted by Gasteiger charge is -2.40. The molecule has 590 valence electrons. The first-order chi connectivity index (χ1) is 53.7. The smallest absolute Gasteiger partial charge is 0.415 e. The van der Waals surface area contributed by atoms with Crippen LogP contribution in [0.4, 0.5) is 40.2 Å². The molecular weight excluding hydrogens is 1480 g/mol. The van der Waals surface area contributed by atoms with Crippen molar-refractivity contribution in [3.05, 3.63) is 149 Å². The highest BCUT2D eigenvalue weighted by molar-refractivity contribution is 6.66. The number of allylic oxidation sites excluding steroid dienone is 1. The minimum absolute atomic E-state index is 0.0192. The van der Waals surface area contributed by atoms with Gasteiger partial charge in [-0.05, 0) is 140 Å². The maximum absolute atomic E-state index is 15.2. The second-order valence-corrected chi connectivity index (χ2v) is 30.7. The Hall–Kier alpha value is -12.4. The molecule has 0 atom stereocenters. The van der Waals surface area contributed by atoms with Crippen LogP contribution in [0.2, 0.25) is 0 Å². The van der Waals surface area contributed by atoms with Gasteiger partial charge in [0.1, 0.15) is 62.8 Å². The molecule has 3 aromatic carbocycles. The molecule has 0 bridgehead atoms. The predicted octanol–water partition coefficient (Wildman–Crippen LogP) is 8.74. The van der Waals surface area contributed by atoms with E-state index in [0.29, 0.717) is 97.0 Å². The second kappa shape index (κ2) is 32.9. The summed E-state index contributed by atoms with van der Waals surface area (Å²) in [5.41, 5.74) is 20.9. The molecule has 3 aliphatic heterocycles. The van der Waals surface area contributed by atoms with Crippen LogP contribution in [0, 0.1) is 70.7 Å². The van der Waals surface area contributed by atoms with E-state index in [0.717, 1.165) is 73.6 Å². The fraction of sp³-hybridized carbons (Fsp3) is 0.405. The molecular formula is C79H87ClF3N21O9. The zero-order valence-electron chi connectivity index (χ0n) is 64.0. The van der Waals surface area contributed by atoms with Gasteiger partial charge in [-0.25, -0.2) is 51.8 Å². The summed E-state index contributed by atoms with van der Waals surface area (Å²) in [4.78, 5) is 101. The average molecular weight is 1570 g/mol. The minimum atomic E-state index is -0.867. The number of nitrogens with one attached hydrogen (secondary N) is 3. The number of amides is 6. The van der Waals surface area contributed by atoms with Crippen molar-refractivity contribution in [2.75, 3.05) is 75.9 Å². The van der Waals surface area contributed by atoms with E-state index in [4.69, 9.17) is 38.3 Å². The molecule has 6 aromatic heterocycles. The number of rotatable bonds is 17. The van der Waals surface area contributed by atoms with Crippen LogP contribution < -0.4 is 38.1 Å². The number of nitrogens with zero attached hydrogens (tertiary/aromatic N) is 15. The highest BCUT2D eigenvalue weighted by Crippen LogP contribution is 2.40. The summed E-state index contributed by atoms with van der Waals surface area (Å²) < 4.78 is 66.4. The van der Waals surface area contributed by atoms with Crippen molar-refractivity contribution in [1.29, 1.82) is 0 Å². The van der Waals surface area contributed by atoms with E-state index in [1.165, 1.54) is 36.0 Å². The molecule has 6 fully saturated rings. The van der Waals surface area contributed by atoms with Gasteiger partial charge in [0.05, 0.1) is 68.8 Å². The molecule has 3 saturated carbocycles. The standard InChI is InChI=1S/C31H38FN7O5.C24H24FN7O2.C21H22FN7O.C3H3ClO/c1-30(2,3)43-28(41)36(7)27-25(26(33)40)22(35-39(27)16-18-14-37(15-18)29(42)44-31(4,5)6)11-8-19-12-23-24(13-21(19)32)38(17-34-23)20-9-10-20;1-3-21(33)30-10-14(11-30)12-32-24(27-2)22(23(26)34)18(29-32)7-4-15-8-19-20(9-17(15)25)31(13-28-19)16-5-6-16;1-24-21-19(20(23)30)16(27-29(21)10-12-8-25-9-12)5-2-13-6-17-18(7-15(13)22)28(11-26-17)14-3-4-14;1-2-3(4)5/h12-13,17-18,20H,9-10,14-16H2,1-7H3,(H2,33,40);3,8-9,13-14,16,27H,1,5-6,10-12H2,2H3,(H2,26,34);6-7,11-12,14,24-25H,3-4,8-10H2,1H3,(H2,23,30);2H,1H2. The number of carbonyl (C=O) groups is 7. The number of carbonyl (C=O) groups excluding carboxylic acids is 7. The maximum atomic E-state index is 15.2. The number of likely N-dealkylation sites (tertiary alicyclic amines) is 2. The van der Waals surface area contributed by atoms with Crippen LogP contribution in [0.1, 0.15) is 163 Å². The van der Waals surface area contributed by atoms with Crippen LogP contribution in [0.3, 0.4) is 0 Å². The zero-order chi connectivity index (χ0) is 81.2. The molecule has 34 heteroatoms. The number of primary amides is 3. The van der Waals surface area contributed by atoms with E-state index in [2.05, 4.69) is 94.9 Å². The SMILES string of the molecule is C=CC(=O)Cl.C=CC(=O)N1CC(Cn2nc(C#Cc3cc4ncn(C5CC5)c4cc3F)c(C(N)=O)c2NC)C1.CN(C(=O)OC(C)(C)C)c1c(C(N)=O)c(C#Cc2cc3ncn(C4CC4)c3cc2F)nn1CC1CN(C(=O)OC(C)(C)C)C1.CNc1c(C(N)=O)c(C#Cc2cc3ncn(C4CC4)c3cc2F)nn1CC1CNC1. The lowest BCUT2D eigenvalue weighted by molar-refractivity contribution is -0.132. The van der Waals surface area contributed by atoms with Gasteiger partial charge in [0.2, 0.25) is 11.1 Å². The van der Waals surface area contributed by atoms with Crippen LogP contribution in [0.5, 0.6) is 0 Å². The number of anilines is 3. The monoisotopic (exact) mass is 1570 g/mol. The third kappa shape index (κ3) is 18.5. The molecule has 0 spiro atoms. The second-order valence-electron chi connectivity index (χ2n) is 30.3. The van der Waals surface area contributed by atoms with Crippen molar-refractivity contribution in [3.63, 3.8) is 0 Å². The number of hydrogen-bond acceptors (Lipinski definition) is 18. The van der Waals surface area contributed by atoms with Gasteiger partial charge in [0, 0.05) is 134 Å². The van der Waals surface area contributed by atoms with Gasteiger partial charge < -0.3 is 66.1 Å². The predicted molar refractivity (Wildman–Crippen MR) is 417 cm³/mol. The third-order valence-corrected chi connectivity index (χ3v) is 19.3. The molecule has 9 aromatic rings. The van der Waals surface area contributed by atoms with Crippen LogP contribution in [-0.4, -0.2) is 180 Å². The first kappa shape index (κ1) is 80.1. The quantitative estimate of drug-likeness (QED) is 0.0282. The van der Waals surface area contributed by atoms with Crippen LogP contribution in [-0.2, 0) is 38.7 Å². The fourth-order valence-corrected chi connectivity index (χ4v) is 13.1. The minimum Gasteiger partial charge on any atom is -0.444 e. The van der Waals surface area contributed by atoms with E-state index in [-0.39, 0.29) is 80.6 Å². The Bertz CT molecular complexity index is 5500. The number of fused-ring (bicyclic) bond motifs is 3. The van der Waals surface area contributed by atoms with E-state index in [9.17, 15) is 42.3 Å². The first-order valence-corrected chi connectivity index (χ1v) is 37.1. The lowest BCUT2D eigenvalue weighted by atomic mass is 10.00. The molecule has 0 radical (unpaired) electrons. The van der Waals surface area contributed by atoms with Crippen LogP contribution in [0.25, 0.3) is 33.1 Å². The van der Waals surface area contributed by atoms with Gasteiger partial charge >= 0.3 is 12.2 Å². The Morgan fingerprint density at radius 3 is 1.23 bits per heavy atom. The topological polar surface area (TPSA) is 369 Å². The Morgan fingerprint density at radius 2 is 0.903 bits per heavy atom. The number of hydrogen-bond donors (Lipinski definition) is 6. The van der Waals surface area contributed by atoms with Gasteiger partial charge in [-0.15, -0.1) is 0 Å². The highest BCUT2D eigenvalue weighted by Gasteiger charge is 2.39. The Labute approximate surface area is 653 Å². The van der Waals surface area contributed by atoms with Crippen LogP contribution in [0.15, 0.2) is 80.7 Å². The number of imidazole rings is 3. The zero-order valence-corrected chi connectivity index (χ0v) is 64.7. The summed E-state index contributed by atoms with van der Waals surface area (Å²) in [5, 5.41) is 22.2. The third-order valence-electron chi connectivity index (χ3n) is 19.2. The van der Waals surface area contributed by atoms with Crippen molar-refractivity contribution < 1.29 is 56.2 Å². The number of nitrogens with two attached hydrogens (primary N) is 3. The number of benzene rings is 3. The van der Waals surface area contributed by atoms with E-state index in [1.807, 2.05) is 13.7 Å². The van der Waals surface area contributed by atoms with Crippen molar-refractivity contribution in [3.8, 4) is 35.5 Å². The molecule has 3 aliphatic carbocycles. The largest absolute Gasteiger partial charge is 0.444 e. The summed E-state index contributed by atoms with van der Waals surface area (Å²) in [7, 11) is 4.82. The van der Waals surface area contributed by atoms with Crippen molar-refractivity contribution in [1.82, 2.24) is 73.1 Å². The summed E-state index contributed by atoms with van der Waals surface area (Å²) in [5.74, 6) is 14.8. The van der Waals surface area contributed by atoms with E-state index < -0.39 is 63.8 Å². The molecule has 0 unspecified atom stereocenters. The molecule has 6 aliphatic rings. The van der Waals surface area contributed by atoms with Gasteiger partial charge in [0.15, 0.2) is 17.1 Å². The van der Waals surface area contributed by atoms with Crippen molar-refractivity contribution >= 4 is 103 Å². The molecule has 30 nitrogen and oxygen atoms in total. The Balaban J connectivity index is 0.000000155. The molecule has 113 heavy (non-hydrogen) atoms. The molecule has 9 heterocycles. The lowest BCUT2D eigenvalue weighted by Crippen LogP contribution is -2.53. The maximum Gasteiger partial charge on any atom is 0.415 e. The Morgan fingerprint density at radius 1 is 0.549 bits per heavy atom. The number of halogens is 4. The average Bonchev–Trinajstić information content (AvgIpc) is 1.66. The molecule has 6 amide bonds. The number of ether oxygens (including phenoxy) is 2. The van der Waals surface area contributed by atoms with E-state index in [1.54, 1.807) is 112 Å².